The zero-order chi connectivity index (χ0) is 14.7. The molecule has 1 aromatic carbocycles. The van der Waals surface area contributed by atoms with Gasteiger partial charge >= 0.3 is 0 Å². The number of hydrogen-bond donors (Lipinski definition) is 1. The number of halogens is 1. The molecule has 0 bridgehead atoms. The molecule has 0 aliphatic carbocycles. The van der Waals surface area contributed by atoms with Crippen LogP contribution in [0.2, 0.25) is 0 Å². The summed E-state index contributed by atoms with van der Waals surface area (Å²) in [5.41, 5.74) is 5.51. The lowest BCUT2D eigenvalue weighted by Gasteiger charge is -2.32. The number of methoxy groups -OCH3 is 1. The van der Waals surface area contributed by atoms with Crippen LogP contribution >= 0.6 is 12.2 Å². The Balaban J connectivity index is 2.16. The van der Waals surface area contributed by atoms with Gasteiger partial charge in [0.25, 0.3) is 5.91 Å². The third-order valence-corrected chi connectivity index (χ3v) is 3.34. The number of carbonyl (C=O) groups is 1. The number of thiocarbonyl (C=S) groups is 1. The highest BCUT2D eigenvalue weighted by atomic mass is 32.1. The number of rotatable bonds is 3. The quantitative estimate of drug-likeness (QED) is 0.842. The molecule has 0 saturated carbocycles. The second kappa shape index (κ2) is 6.15. The molecule has 0 aromatic heterocycles. The Labute approximate surface area is 121 Å². The van der Waals surface area contributed by atoms with Crippen LogP contribution in [0.5, 0.6) is 5.75 Å². The van der Waals surface area contributed by atoms with Crippen LogP contribution in [-0.4, -0.2) is 48.7 Å². The van der Waals surface area contributed by atoms with Gasteiger partial charge in [0.1, 0.15) is 22.7 Å². The molecule has 1 aliphatic heterocycles. The van der Waals surface area contributed by atoms with E-state index >= 15 is 0 Å². The average molecular weight is 298 g/mol. The Morgan fingerprint density at radius 3 is 2.95 bits per heavy atom. The molecule has 0 radical (unpaired) electrons. The van der Waals surface area contributed by atoms with Gasteiger partial charge in [-0.05, 0) is 12.1 Å². The number of amides is 1. The Hall–Kier alpha value is -1.73. The Kier molecular flexibility index (Phi) is 4.51. The number of nitrogens with zero attached hydrogens (tertiary/aromatic N) is 1. The highest BCUT2D eigenvalue weighted by Crippen LogP contribution is 2.19. The number of ether oxygens (including phenoxy) is 2. The first-order valence-corrected chi connectivity index (χ1v) is 6.47. The molecule has 1 fully saturated rings. The summed E-state index contributed by atoms with van der Waals surface area (Å²) < 4.78 is 24.1. The molecule has 1 aromatic rings. The number of nitrogens with two attached hydrogens (primary N) is 1. The van der Waals surface area contributed by atoms with Crippen molar-refractivity contribution in [1.29, 1.82) is 0 Å². The molecule has 0 spiro atoms. The summed E-state index contributed by atoms with van der Waals surface area (Å²) in [5.74, 6) is -0.663. The van der Waals surface area contributed by atoms with Crippen LogP contribution in [0.25, 0.3) is 0 Å². The van der Waals surface area contributed by atoms with E-state index in [0.717, 1.165) is 0 Å². The monoisotopic (exact) mass is 298 g/mol. The largest absolute Gasteiger partial charge is 0.497 e. The lowest BCUT2D eigenvalue weighted by Crippen LogP contribution is -2.50. The smallest absolute Gasteiger partial charge is 0.257 e. The van der Waals surface area contributed by atoms with Gasteiger partial charge in [0.15, 0.2) is 0 Å². The molecule has 1 atom stereocenters. The maximum atomic E-state index is 13.9. The second-order valence-electron chi connectivity index (χ2n) is 4.36. The van der Waals surface area contributed by atoms with E-state index in [4.69, 9.17) is 27.4 Å². The van der Waals surface area contributed by atoms with E-state index < -0.39 is 17.8 Å². The predicted molar refractivity (Wildman–Crippen MR) is 75.4 cm³/mol. The molecule has 5 nitrogen and oxygen atoms in total. The minimum atomic E-state index is -0.618. The van der Waals surface area contributed by atoms with Gasteiger partial charge in [0.05, 0.1) is 25.8 Å². The molecular weight excluding hydrogens is 283 g/mol. The first kappa shape index (κ1) is 14.7. The van der Waals surface area contributed by atoms with Crippen LogP contribution in [-0.2, 0) is 4.74 Å². The maximum absolute atomic E-state index is 13.9. The highest BCUT2D eigenvalue weighted by molar-refractivity contribution is 7.80. The summed E-state index contributed by atoms with van der Waals surface area (Å²) >= 11 is 4.85. The van der Waals surface area contributed by atoms with Crippen LogP contribution in [0.1, 0.15) is 10.4 Å². The van der Waals surface area contributed by atoms with Gasteiger partial charge in [-0.1, -0.05) is 12.2 Å². The predicted octanol–water partition coefficient (Wildman–Crippen LogP) is 0.961. The van der Waals surface area contributed by atoms with E-state index in [9.17, 15) is 9.18 Å². The van der Waals surface area contributed by atoms with E-state index in [1.807, 2.05) is 0 Å². The molecule has 1 amide bonds. The topological polar surface area (TPSA) is 64.8 Å². The normalized spacial score (nSPS) is 18.7. The minimum Gasteiger partial charge on any atom is -0.497 e. The second-order valence-corrected chi connectivity index (χ2v) is 4.83. The van der Waals surface area contributed by atoms with Crippen LogP contribution < -0.4 is 10.5 Å². The summed E-state index contributed by atoms with van der Waals surface area (Å²) in [4.78, 5) is 14.0. The molecule has 20 heavy (non-hydrogen) atoms. The Morgan fingerprint density at radius 2 is 2.35 bits per heavy atom. The summed E-state index contributed by atoms with van der Waals surface area (Å²) in [5, 5.41) is 0. The number of hydrogen-bond acceptors (Lipinski definition) is 4. The van der Waals surface area contributed by atoms with Gasteiger partial charge in [-0.3, -0.25) is 4.79 Å². The van der Waals surface area contributed by atoms with Gasteiger partial charge < -0.3 is 20.1 Å². The van der Waals surface area contributed by atoms with Crippen LogP contribution in [0.15, 0.2) is 18.2 Å². The van der Waals surface area contributed by atoms with E-state index in [1.165, 1.54) is 24.1 Å². The summed E-state index contributed by atoms with van der Waals surface area (Å²) in [7, 11) is 1.44. The molecule has 1 aliphatic rings. The van der Waals surface area contributed by atoms with E-state index in [-0.39, 0.29) is 17.1 Å². The van der Waals surface area contributed by atoms with Crippen molar-refractivity contribution in [3.63, 3.8) is 0 Å². The van der Waals surface area contributed by atoms with Crippen molar-refractivity contribution in [1.82, 2.24) is 4.90 Å². The molecule has 108 valence electrons. The van der Waals surface area contributed by atoms with Crippen molar-refractivity contribution in [2.24, 2.45) is 5.73 Å². The SMILES string of the molecule is COc1ccc(C(=O)N2CCOC(C(N)=S)C2)c(F)c1. The summed E-state index contributed by atoms with van der Waals surface area (Å²) in [6.07, 6.45) is -0.482. The summed E-state index contributed by atoms with van der Waals surface area (Å²) in [6.45, 7) is 0.939. The van der Waals surface area contributed by atoms with Crippen molar-refractivity contribution < 1.29 is 18.7 Å². The summed E-state index contributed by atoms with van der Waals surface area (Å²) in [6, 6.07) is 4.13. The maximum Gasteiger partial charge on any atom is 0.257 e. The first-order valence-electron chi connectivity index (χ1n) is 6.06. The molecule has 1 saturated heterocycles. The van der Waals surface area contributed by atoms with E-state index in [1.54, 1.807) is 6.07 Å². The van der Waals surface area contributed by atoms with Crippen LogP contribution in [0.3, 0.4) is 0 Å². The average Bonchev–Trinajstić information content (AvgIpc) is 2.46. The molecule has 2 rings (SSSR count). The van der Waals surface area contributed by atoms with Gasteiger partial charge in [-0.25, -0.2) is 4.39 Å². The van der Waals surface area contributed by atoms with Crippen molar-refractivity contribution in [2.75, 3.05) is 26.8 Å². The molecule has 1 unspecified atom stereocenters. The van der Waals surface area contributed by atoms with Crippen molar-refractivity contribution in [3.05, 3.63) is 29.6 Å². The highest BCUT2D eigenvalue weighted by Gasteiger charge is 2.28. The number of benzene rings is 1. The third-order valence-electron chi connectivity index (χ3n) is 3.08. The van der Waals surface area contributed by atoms with E-state index in [2.05, 4.69) is 0 Å². The standard InChI is InChI=1S/C13H15FN2O3S/c1-18-8-2-3-9(10(14)6-8)13(17)16-4-5-19-11(7-16)12(15)20/h2-3,6,11H,4-5,7H2,1H3,(H2,15,20). The third kappa shape index (κ3) is 3.05. The number of carbonyl (C=O) groups excluding carboxylic acids is 1. The van der Waals surface area contributed by atoms with Crippen molar-refractivity contribution >= 4 is 23.1 Å². The van der Waals surface area contributed by atoms with E-state index in [0.29, 0.717) is 18.9 Å². The lowest BCUT2D eigenvalue weighted by molar-refractivity contribution is 0.00856. The fourth-order valence-electron chi connectivity index (χ4n) is 1.97. The van der Waals surface area contributed by atoms with Crippen molar-refractivity contribution in [2.45, 2.75) is 6.10 Å². The Morgan fingerprint density at radius 1 is 1.60 bits per heavy atom. The van der Waals surface area contributed by atoms with Gasteiger partial charge in [0.2, 0.25) is 0 Å². The molecule has 2 N–H and O–H groups in total. The van der Waals surface area contributed by atoms with Gasteiger partial charge in [-0.15, -0.1) is 0 Å². The Bertz CT molecular complexity index is 538. The molecule has 7 heteroatoms. The zero-order valence-electron chi connectivity index (χ0n) is 11.0. The zero-order valence-corrected chi connectivity index (χ0v) is 11.8. The first-order chi connectivity index (χ1) is 9.52. The van der Waals surface area contributed by atoms with Crippen molar-refractivity contribution in [3.8, 4) is 5.75 Å². The lowest BCUT2D eigenvalue weighted by atomic mass is 10.1. The van der Waals surface area contributed by atoms with Crippen LogP contribution in [0.4, 0.5) is 4.39 Å². The van der Waals surface area contributed by atoms with Gasteiger partial charge in [0, 0.05) is 12.6 Å². The molecule has 1 heterocycles. The molecular formula is C13H15FN2O3S. The minimum absolute atomic E-state index is 0.00519. The number of morpholine rings is 1. The van der Waals surface area contributed by atoms with Gasteiger partial charge in [-0.2, -0.15) is 0 Å². The van der Waals surface area contributed by atoms with Crippen LogP contribution in [0, 0.1) is 5.82 Å². The fourth-order valence-corrected chi connectivity index (χ4v) is 2.12. The fraction of sp³-hybridized carbons (Fsp3) is 0.385.